The summed E-state index contributed by atoms with van der Waals surface area (Å²) >= 11 is 0. The van der Waals surface area contributed by atoms with Gasteiger partial charge in [0.15, 0.2) is 0 Å². The van der Waals surface area contributed by atoms with E-state index in [0.717, 1.165) is 32.1 Å². The molecule has 1 aliphatic rings. The molecule has 0 spiro atoms. The number of hydrogen-bond acceptors (Lipinski definition) is 5. The van der Waals surface area contributed by atoms with Gasteiger partial charge in [-0.05, 0) is 31.4 Å². The fourth-order valence-electron chi connectivity index (χ4n) is 2.72. The van der Waals surface area contributed by atoms with Crippen LogP contribution in [0.1, 0.15) is 45.4 Å². The van der Waals surface area contributed by atoms with Crippen molar-refractivity contribution in [3.63, 3.8) is 0 Å². The summed E-state index contributed by atoms with van der Waals surface area (Å²) in [4.78, 5) is 15.5. The first-order valence-corrected chi connectivity index (χ1v) is 9.84. The van der Waals surface area contributed by atoms with Gasteiger partial charge in [0, 0.05) is 19.3 Å². The molecule has 0 aromatic carbocycles. The molecule has 1 unspecified atom stereocenters. The smallest absolute Gasteiger partial charge is 0.326 e. The normalized spacial score (nSPS) is 17.4. The molecule has 0 amide bonds. The Labute approximate surface area is 143 Å². The van der Waals surface area contributed by atoms with E-state index in [-0.39, 0.29) is 4.90 Å². The minimum absolute atomic E-state index is 0.149. The highest BCUT2D eigenvalue weighted by Gasteiger charge is 2.26. The standard InChI is InChI=1S/C16H25N3O4S/c1-2-3-7-14(16(20)21)18-15-9-8-13(12-17-15)24(22,23)19-10-5-4-6-11-19/h8-9,12,14H,2-7,10-11H2,1H3,(H,17,18)(H,20,21). The van der Waals surface area contributed by atoms with Crippen molar-refractivity contribution in [1.82, 2.24) is 9.29 Å². The number of hydrogen-bond donors (Lipinski definition) is 2. The molecule has 0 aliphatic carbocycles. The molecule has 1 atom stereocenters. The van der Waals surface area contributed by atoms with Crippen molar-refractivity contribution in [2.45, 2.75) is 56.4 Å². The summed E-state index contributed by atoms with van der Waals surface area (Å²) < 4.78 is 26.6. The zero-order chi connectivity index (χ0) is 17.6. The fourth-order valence-corrected chi connectivity index (χ4v) is 4.18. The molecular formula is C16H25N3O4S. The van der Waals surface area contributed by atoms with Gasteiger partial charge in [-0.25, -0.2) is 18.2 Å². The van der Waals surface area contributed by atoms with Crippen LogP contribution in [0.3, 0.4) is 0 Å². The third kappa shape index (κ3) is 4.67. The molecule has 1 aliphatic heterocycles. The van der Waals surface area contributed by atoms with Crippen molar-refractivity contribution >= 4 is 21.8 Å². The summed E-state index contributed by atoms with van der Waals surface area (Å²) in [6.45, 7) is 3.08. The number of sulfonamides is 1. The van der Waals surface area contributed by atoms with E-state index in [4.69, 9.17) is 0 Å². The Morgan fingerprint density at radius 1 is 1.33 bits per heavy atom. The molecule has 0 radical (unpaired) electrons. The minimum Gasteiger partial charge on any atom is -0.480 e. The van der Waals surface area contributed by atoms with Crippen LogP contribution < -0.4 is 5.32 Å². The van der Waals surface area contributed by atoms with E-state index in [9.17, 15) is 18.3 Å². The first-order valence-electron chi connectivity index (χ1n) is 8.40. The minimum atomic E-state index is -3.51. The summed E-state index contributed by atoms with van der Waals surface area (Å²) in [6, 6.07) is 2.29. The largest absolute Gasteiger partial charge is 0.480 e. The van der Waals surface area contributed by atoms with E-state index in [1.54, 1.807) is 0 Å². The van der Waals surface area contributed by atoms with E-state index in [0.29, 0.717) is 25.3 Å². The van der Waals surface area contributed by atoms with Crippen molar-refractivity contribution in [2.24, 2.45) is 0 Å². The predicted molar refractivity (Wildman–Crippen MR) is 91.4 cm³/mol. The van der Waals surface area contributed by atoms with Gasteiger partial charge in [0.05, 0.1) is 0 Å². The molecule has 1 fully saturated rings. The molecule has 7 nitrogen and oxygen atoms in total. The summed E-state index contributed by atoms with van der Waals surface area (Å²) in [6.07, 6.45) is 6.32. The Kier molecular flexibility index (Phi) is 6.56. The number of aliphatic carboxylic acids is 1. The summed E-state index contributed by atoms with van der Waals surface area (Å²) in [5.41, 5.74) is 0. The Balaban J connectivity index is 2.07. The van der Waals surface area contributed by atoms with Crippen LogP contribution in [0, 0.1) is 0 Å². The Morgan fingerprint density at radius 2 is 2.04 bits per heavy atom. The molecule has 2 heterocycles. The molecule has 134 valence electrons. The zero-order valence-corrected chi connectivity index (χ0v) is 14.8. The van der Waals surface area contributed by atoms with Gasteiger partial charge in [-0.2, -0.15) is 4.31 Å². The number of nitrogens with one attached hydrogen (secondary N) is 1. The van der Waals surface area contributed by atoms with Crippen molar-refractivity contribution in [3.8, 4) is 0 Å². The highest BCUT2D eigenvalue weighted by Crippen LogP contribution is 2.21. The lowest BCUT2D eigenvalue weighted by atomic mass is 10.1. The maximum Gasteiger partial charge on any atom is 0.326 e. The third-order valence-corrected chi connectivity index (χ3v) is 6.04. The number of anilines is 1. The highest BCUT2D eigenvalue weighted by molar-refractivity contribution is 7.89. The van der Waals surface area contributed by atoms with Gasteiger partial charge < -0.3 is 10.4 Å². The lowest BCUT2D eigenvalue weighted by Gasteiger charge is -2.25. The number of carboxylic acids is 1. The van der Waals surface area contributed by atoms with Crippen LogP contribution in [0.4, 0.5) is 5.82 Å². The van der Waals surface area contributed by atoms with Gasteiger partial charge in [-0.15, -0.1) is 0 Å². The Morgan fingerprint density at radius 3 is 2.58 bits per heavy atom. The van der Waals surface area contributed by atoms with E-state index in [2.05, 4.69) is 10.3 Å². The van der Waals surface area contributed by atoms with Crippen LogP contribution in [0.15, 0.2) is 23.2 Å². The van der Waals surface area contributed by atoms with E-state index in [1.165, 1.54) is 22.6 Å². The highest BCUT2D eigenvalue weighted by atomic mass is 32.2. The van der Waals surface area contributed by atoms with E-state index in [1.807, 2.05) is 6.92 Å². The number of carboxylic acid groups (broad SMARTS) is 1. The lowest BCUT2D eigenvalue weighted by molar-refractivity contribution is -0.138. The SMILES string of the molecule is CCCCC(Nc1ccc(S(=O)(=O)N2CCCCC2)cn1)C(=O)O. The van der Waals surface area contributed by atoms with Gasteiger partial charge in [-0.1, -0.05) is 26.2 Å². The van der Waals surface area contributed by atoms with Gasteiger partial charge in [0.25, 0.3) is 0 Å². The van der Waals surface area contributed by atoms with Crippen LogP contribution in [-0.2, 0) is 14.8 Å². The molecule has 1 saturated heterocycles. The number of carbonyl (C=O) groups is 1. The molecule has 24 heavy (non-hydrogen) atoms. The third-order valence-electron chi connectivity index (χ3n) is 4.16. The van der Waals surface area contributed by atoms with Crippen molar-refractivity contribution in [1.29, 1.82) is 0 Å². The maximum absolute atomic E-state index is 12.5. The number of pyridine rings is 1. The second-order valence-electron chi connectivity index (χ2n) is 6.02. The molecule has 1 aromatic rings. The number of rotatable bonds is 8. The number of piperidine rings is 1. The fraction of sp³-hybridized carbons (Fsp3) is 0.625. The molecule has 2 N–H and O–H groups in total. The topological polar surface area (TPSA) is 99.6 Å². The number of aromatic nitrogens is 1. The monoisotopic (exact) mass is 355 g/mol. The average Bonchev–Trinajstić information content (AvgIpc) is 2.59. The summed E-state index contributed by atoms with van der Waals surface area (Å²) in [5.74, 6) is -0.564. The van der Waals surface area contributed by atoms with Gasteiger partial charge in [0.2, 0.25) is 10.0 Å². The Bertz CT molecular complexity index is 640. The Hall–Kier alpha value is -1.67. The lowest BCUT2D eigenvalue weighted by Crippen LogP contribution is -2.35. The maximum atomic E-state index is 12.5. The van der Waals surface area contributed by atoms with Crippen molar-refractivity contribution in [2.75, 3.05) is 18.4 Å². The van der Waals surface area contributed by atoms with Crippen LogP contribution in [0.25, 0.3) is 0 Å². The predicted octanol–water partition coefficient (Wildman–Crippen LogP) is 2.31. The van der Waals surface area contributed by atoms with Gasteiger partial charge >= 0.3 is 5.97 Å². The molecule has 0 bridgehead atoms. The van der Waals surface area contributed by atoms with Crippen LogP contribution >= 0.6 is 0 Å². The summed E-state index contributed by atoms with van der Waals surface area (Å²) in [5, 5.41) is 12.1. The van der Waals surface area contributed by atoms with E-state index >= 15 is 0 Å². The molecule has 1 aromatic heterocycles. The van der Waals surface area contributed by atoms with Crippen LogP contribution in [0.2, 0.25) is 0 Å². The van der Waals surface area contributed by atoms with Crippen LogP contribution in [0.5, 0.6) is 0 Å². The van der Waals surface area contributed by atoms with Crippen LogP contribution in [-0.4, -0.2) is 47.9 Å². The first-order chi connectivity index (χ1) is 11.4. The molecule has 8 heteroatoms. The van der Waals surface area contributed by atoms with E-state index < -0.39 is 22.0 Å². The first kappa shape index (κ1) is 18.7. The average molecular weight is 355 g/mol. The molecule has 0 saturated carbocycles. The number of nitrogens with zero attached hydrogens (tertiary/aromatic N) is 2. The van der Waals surface area contributed by atoms with Gasteiger partial charge in [0.1, 0.15) is 16.8 Å². The second-order valence-corrected chi connectivity index (χ2v) is 7.96. The second kappa shape index (κ2) is 8.43. The van der Waals surface area contributed by atoms with Gasteiger partial charge in [-0.3, -0.25) is 0 Å². The zero-order valence-electron chi connectivity index (χ0n) is 13.9. The molecule has 2 rings (SSSR count). The summed E-state index contributed by atoms with van der Waals surface area (Å²) in [7, 11) is -3.51. The number of unbranched alkanes of at least 4 members (excludes halogenated alkanes) is 1. The quantitative estimate of drug-likeness (QED) is 0.742. The van der Waals surface area contributed by atoms with Crippen molar-refractivity contribution < 1.29 is 18.3 Å². The molecular weight excluding hydrogens is 330 g/mol. The van der Waals surface area contributed by atoms with Crippen molar-refractivity contribution in [3.05, 3.63) is 18.3 Å².